The molecule has 0 spiro atoms. The predicted molar refractivity (Wildman–Crippen MR) is 124 cm³/mol. The maximum absolute atomic E-state index is 9.77. The second kappa shape index (κ2) is 19.5. The van der Waals surface area contributed by atoms with Crippen molar-refractivity contribution in [2.75, 3.05) is 19.0 Å². The number of hydrogen-bond acceptors (Lipinski definition) is 7. The van der Waals surface area contributed by atoms with Gasteiger partial charge in [-0.2, -0.15) is 0 Å². The second-order valence-electron chi connectivity index (χ2n) is 8.26. The highest BCUT2D eigenvalue weighted by Crippen LogP contribution is 2.21. The summed E-state index contributed by atoms with van der Waals surface area (Å²) in [5.41, 5.74) is 0. The fourth-order valence-electron chi connectivity index (χ4n) is 3.67. The van der Waals surface area contributed by atoms with Crippen molar-refractivity contribution in [3.63, 3.8) is 0 Å². The third-order valence-electron chi connectivity index (χ3n) is 5.58. The van der Waals surface area contributed by atoms with Gasteiger partial charge in [0.05, 0.1) is 12.7 Å². The number of unbranched alkanes of at least 4 members (excludes halogenated alkanes) is 11. The lowest BCUT2D eigenvalue weighted by Crippen LogP contribution is -2.50. The first kappa shape index (κ1) is 27.9. The summed E-state index contributed by atoms with van der Waals surface area (Å²) in [7, 11) is 0. The molecule has 7 heteroatoms. The van der Waals surface area contributed by atoms with Gasteiger partial charge in [-0.25, -0.2) is 0 Å². The Labute approximate surface area is 187 Å². The minimum atomic E-state index is -1.04. The summed E-state index contributed by atoms with van der Waals surface area (Å²) < 4.78 is 11.1. The number of aliphatic hydroxyl groups excluding tert-OH is 3. The zero-order valence-electron chi connectivity index (χ0n) is 18.6. The van der Waals surface area contributed by atoms with Crippen molar-refractivity contribution in [2.24, 2.45) is 5.14 Å². The normalized spacial score (nSPS) is 24.7. The minimum absolute atomic E-state index is 0.249. The number of nitrogens with two attached hydrogens (primary N) is 1. The molecular formula is C23H45NO5S. The van der Waals surface area contributed by atoms with Crippen LogP contribution in [0.5, 0.6) is 0 Å². The van der Waals surface area contributed by atoms with Gasteiger partial charge in [0.15, 0.2) is 6.29 Å². The lowest BCUT2D eigenvalue weighted by Gasteiger charge is -2.36. The molecule has 0 aliphatic carbocycles. The van der Waals surface area contributed by atoms with E-state index in [1.807, 2.05) is 0 Å². The van der Waals surface area contributed by atoms with E-state index < -0.39 is 24.6 Å². The SMILES string of the molecule is NSCCCCCCC/C=C\CCCCCCCCO[C@@H]1C[C@@H](O)[C@H](O)[C@@H](CO)O1. The Morgan fingerprint density at radius 1 is 0.867 bits per heavy atom. The Balaban J connectivity index is 1.82. The molecule has 1 aliphatic heterocycles. The highest BCUT2D eigenvalue weighted by atomic mass is 32.2. The largest absolute Gasteiger partial charge is 0.394 e. The van der Waals surface area contributed by atoms with Gasteiger partial charge in [-0.15, -0.1) is 0 Å². The lowest BCUT2D eigenvalue weighted by molar-refractivity contribution is -0.256. The highest BCUT2D eigenvalue weighted by Gasteiger charge is 2.36. The lowest BCUT2D eigenvalue weighted by atomic mass is 10.0. The molecule has 5 N–H and O–H groups in total. The average molecular weight is 448 g/mol. The summed E-state index contributed by atoms with van der Waals surface area (Å²) in [5.74, 6) is 1.09. The first-order valence-electron chi connectivity index (χ1n) is 11.9. The molecule has 1 rings (SSSR count). The van der Waals surface area contributed by atoms with Crippen LogP contribution in [0.25, 0.3) is 0 Å². The van der Waals surface area contributed by atoms with E-state index in [1.54, 1.807) is 0 Å². The van der Waals surface area contributed by atoms with Gasteiger partial charge in [-0.3, -0.25) is 5.14 Å². The maximum atomic E-state index is 9.77. The average Bonchev–Trinajstić information content (AvgIpc) is 2.75. The van der Waals surface area contributed by atoms with E-state index in [2.05, 4.69) is 12.2 Å². The van der Waals surface area contributed by atoms with E-state index in [-0.39, 0.29) is 13.0 Å². The summed E-state index contributed by atoms with van der Waals surface area (Å²) in [4.78, 5) is 0. The molecule has 1 fully saturated rings. The Morgan fingerprint density at radius 2 is 1.43 bits per heavy atom. The molecular weight excluding hydrogens is 402 g/mol. The van der Waals surface area contributed by atoms with Crippen LogP contribution in [0.1, 0.15) is 89.9 Å². The first-order chi connectivity index (χ1) is 14.7. The number of ether oxygens (including phenoxy) is 2. The molecule has 1 heterocycles. The molecule has 0 aromatic heterocycles. The Morgan fingerprint density at radius 3 is 2.03 bits per heavy atom. The van der Waals surface area contributed by atoms with E-state index >= 15 is 0 Å². The van der Waals surface area contributed by atoms with Crippen LogP contribution in [-0.2, 0) is 9.47 Å². The van der Waals surface area contributed by atoms with Crippen LogP contribution < -0.4 is 5.14 Å². The van der Waals surface area contributed by atoms with E-state index in [0.717, 1.165) is 18.6 Å². The number of hydrogen-bond donors (Lipinski definition) is 4. The van der Waals surface area contributed by atoms with E-state index in [1.165, 1.54) is 82.6 Å². The first-order valence-corrected chi connectivity index (χ1v) is 12.9. The van der Waals surface area contributed by atoms with Crippen molar-refractivity contribution < 1.29 is 24.8 Å². The van der Waals surface area contributed by atoms with Crippen LogP contribution >= 0.6 is 11.9 Å². The smallest absolute Gasteiger partial charge is 0.160 e. The van der Waals surface area contributed by atoms with Crippen LogP contribution in [0.3, 0.4) is 0 Å². The topological polar surface area (TPSA) is 105 Å². The molecule has 0 aromatic rings. The van der Waals surface area contributed by atoms with Gasteiger partial charge in [-0.05, 0) is 38.5 Å². The van der Waals surface area contributed by atoms with Crippen molar-refractivity contribution in [3.8, 4) is 0 Å². The summed E-state index contributed by atoms with van der Waals surface area (Å²) >= 11 is 1.45. The fourth-order valence-corrected chi connectivity index (χ4v) is 4.04. The minimum Gasteiger partial charge on any atom is -0.394 e. The molecule has 0 amide bonds. The Kier molecular flexibility index (Phi) is 18.2. The Bertz CT molecular complexity index is 413. The van der Waals surface area contributed by atoms with E-state index in [4.69, 9.17) is 19.7 Å². The third kappa shape index (κ3) is 14.0. The predicted octanol–water partition coefficient (Wildman–Crippen LogP) is 4.07. The van der Waals surface area contributed by atoms with Gasteiger partial charge in [0.2, 0.25) is 0 Å². The molecule has 30 heavy (non-hydrogen) atoms. The molecule has 0 aromatic carbocycles. The summed E-state index contributed by atoms with van der Waals surface area (Å²) in [5, 5.41) is 34.0. The zero-order valence-corrected chi connectivity index (χ0v) is 19.4. The van der Waals surface area contributed by atoms with Crippen LogP contribution in [-0.4, -0.2) is 58.9 Å². The molecule has 0 saturated carbocycles. The summed E-state index contributed by atoms with van der Waals surface area (Å²) in [6.45, 7) is 0.266. The van der Waals surface area contributed by atoms with Crippen LogP contribution in [0.2, 0.25) is 0 Å². The van der Waals surface area contributed by atoms with Crippen LogP contribution in [0.15, 0.2) is 12.2 Å². The van der Waals surface area contributed by atoms with Crippen molar-refractivity contribution >= 4 is 11.9 Å². The van der Waals surface area contributed by atoms with Crippen molar-refractivity contribution in [3.05, 3.63) is 12.2 Å². The van der Waals surface area contributed by atoms with Crippen molar-refractivity contribution in [1.29, 1.82) is 0 Å². The molecule has 6 nitrogen and oxygen atoms in total. The monoisotopic (exact) mass is 447 g/mol. The Hall–Kier alpha value is -0.150. The molecule has 0 radical (unpaired) electrons. The molecule has 0 bridgehead atoms. The van der Waals surface area contributed by atoms with Crippen LogP contribution in [0.4, 0.5) is 0 Å². The van der Waals surface area contributed by atoms with Crippen LogP contribution in [0, 0.1) is 0 Å². The summed E-state index contributed by atoms with van der Waals surface area (Å²) in [6.07, 6.45) is 17.7. The van der Waals surface area contributed by atoms with E-state index in [9.17, 15) is 10.2 Å². The molecule has 0 unspecified atom stereocenters. The second-order valence-corrected chi connectivity index (χ2v) is 9.00. The third-order valence-corrected chi connectivity index (χ3v) is 6.11. The zero-order chi connectivity index (χ0) is 21.9. The van der Waals surface area contributed by atoms with Crippen molar-refractivity contribution in [2.45, 2.75) is 114 Å². The molecule has 178 valence electrons. The standard InChI is InChI=1S/C23H45NO5S/c24-30-17-15-13-11-9-7-5-3-1-2-4-6-8-10-12-14-16-28-22-18-20(26)23(27)21(19-25)29-22/h1,3,20-23,25-27H,2,4-19,24H2/b3-1-/t20-,21-,22+,23+/m1/s1. The number of aliphatic hydroxyl groups is 3. The quantitative estimate of drug-likeness (QED) is 0.134. The fraction of sp³-hybridized carbons (Fsp3) is 0.913. The van der Waals surface area contributed by atoms with Gasteiger partial charge in [0.25, 0.3) is 0 Å². The number of allylic oxidation sites excluding steroid dienone is 2. The summed E-state index contributed by atoms with van der Waals surface area (Å²) in [6, 6.07) is 0. The van der Waals surface area contributed by atoms with Gasteiger partial charge in [0, 0.05) is 18.8 Å². The van der Waals surface area contributed by atoms with Crippen molar-refractivity contribution in [1.82, 2.24) is 0 Å². The molecule has 4 atom stereocenters. The van der Waals surface area contributed by atoms with E-state index in [0.29, 0.717) is 6.61 Å². The van der Waals surface area contributed by atoms with Gasteiger partial charge in [-0.1, -0.05) is 69.0 Å². The number of rotatable bonds is 19. The van der Waals surface area contributed by atoms with Gasteiger partial charge < -0.3 is 24.8 Å². The molecule has 1 saturated heterocycles. The highest BCUT2D eigenvalue weighted by molar-refractivity contribution is 7.97. The van der Waals surface area contributed by atoms with Gasteiger partial charge >= 0.3 is 0 Å². The maximum Gasteiger partial charge on any atom is 0.160 e. The van der Waals surface area contributed by atoms with Gasteiger partial charge in [0.1, 0.15) is 12.2 Å². The molecule has 1 aliphatic rings.